The van der Waals surface area contributed by atoms with Gasteiger partial charge in [-0.05, 0) is 18.1 Å². The molecule has 0 amide bonds. The minimum atomic E-state index is 0.517. The summed E-state index contributed by atoms with van der Waals surface area (Å²) in [6, 6.07) is 3.90. The molecule has 2 aromatic heterocycles. The normalized spacial score (nSPS) is 11.0. The van der Waals surface area contributed by atoms with Gasteiger partial charge in [-0.15, -0.1) is 0 Å². The average Bonchev–Trinajstić information content (AvgIpc) is 2.76. The number of aromatic nitrogens is 2. The van der Waals surface area contributed by atoms with E-state index in [1.54, 1.807) is 6.20 Å². The van der Waals surface area contributed by atoms with Crippen LogP contribution in [0.2, 0.25) is 0 Å². The maximum atomic E-state index is 8.32. The number of nitrogens with zero attached hydrogens (tertiary/aromatic N) is 3. The van der Waals surface area contributed by atoms with Gasteiger partial charge in [0.05, 0.1) is 6.21 Å². The summed E-state index contributed by atoms with van der Waals surface area (Å²) in [6.07, 6.45) is 7.77. The minimum absolute atomic E-state index is 0.517. The van der Waals surface area contributed by atoms with Gasteiger partial charge in [0, 0.05) is 18.8 Å². The Morgan fingerprint density at radius 1 is 1.44 bits per heavy atom. The average molecular weight is 217 g/mol. The highest BCUT2D eigenvalue weighted by atomic mass is 16.4. The number of oxime groups is 1. The third kappa shape index (κ3) is 2.66. The van der Waals surface area contributed by atoms with Crippen molar-refractivity contribution in [2.24, 2.45) is 5.16 Å². The largest absolute Gasteiger partial charge is 0.448 e. The molecule has 0 aliphatic carbocycles. The molecular weight excluding hydrogens is 206 g/mol. The Hall–Kier alpha value is -2.17. The third-order valence-electron chi connectivity index (χ3n) is 2.11. The van der Waals surface area contributed by atoms with E-state index < -0.39 is 0 Å². The van der Waals surface area contributed by atoms with Crippen molar-refractivity contribution < 1.29 is 9.62 Å². The van der Waals surface area contributed by atoms with E-state index in [-0.39, 0.29) is 0 Å². The number of rotatable bonds is 4. The molecule has 0 bridgehead atoms. The lowest BCUT2D eigenvalue weighted by Gasteiger charge is -1.96. The SMILES string of the molecule is O/N=C\c1coc(CCc2cccnc2)n1. The van der Waals surface area contributed by atoms with Crippen LogP contribution in [0.15, 0.2) is 40.4 Å². The molecule has 5 nitrogen and oxygen atoms in total. The van der Waals surface area contributed by atoms with Crippen LogP contribution in [0.25, 0.3) is 0 Å². The Kier molecular flexibility index (Phi) is 3.28. The fraction of sp³-hybridized carbons (Fsp3) is 0.182. The van der Waals surface area contributed by atoms with Crippen molar-refractivity contribution in [2.75, 3.05) is 0 Å². The lowest BCUT2D eigenvalue weighted by atomic mass is 10.1. The molecule has 0 unspecified atom stereocenters. The molecule has 0 aliphatic rings. The van der Waals surface area contributed by atoms with Crippen LogP contribution in [-0.2, 0) is 12.8 Å². The van der Waals surface area contributed by atoms with Crippen LogP contribution in [0.1, 0.15) is 17.1 Å². The van der Waals surface area contributed by atoms with E-state index in [2.05, 4.69) is 15.1 Å². The van der Waals surface area contributed by atoms with E-state index in [1.807, 2.05) is 18.3 Å². The second-order valence-corrected chi connectivity index (χ2v) is 3.27. The highest BCUT2D eigenvalue weighted by molar-refractivity contribution is 5.75. The number of pyridine rings is 1. The van der Waals surface area contributed by atoms with E-state index in [4.69, 9.17) is 9.62 Å². The zero-order valence-electron chi connectivity index (χ0n) is 8.58. The zero-order valence-corrected chi connectivity index (χ0v) is 8.58. The molecule has 0 atom stereocenters. The molecule has 2 rings (SSSR count). The maximum absolute atomic E-state index is 8.32. The summed E-state index contributed by atoms with van der Waals surface area (Å²) >= 11 is 0. The third-order valence-corrected chi connectivity index (χ3v) is 2.11. The fourth-order valence-electron chi connectivity index (χ4n) is 1.36. The van der Waals surface area contributed by atoms with Gasteiger partial charge in [0.15, 0.2) is 5.89 Å². The van der Waals surface area contributed by atoms with Crippen LogP contribution in [0, 0.1) is 0 Å². The lowest BCUT2D eigenvalue weighted by Crippen LogP contribution is -1.92. The molecule has 0 aliphatic heterocycles. The molecule has 2 heterocycles. The van der Waals surface area contributed by atoms with E-state index in [0.717, 1.165) is 12.0 Å². The van der Waals surface area contributed by atoms with Crippen molar-refractivity contribution in [3.8, 4) is 0 Å². The summed E-state index contributed by atoms with van der Waals surface area (Å²) in [7, 11) is 0. The summed E-state index contributed by atoms with van der Waals surface area (Å²) in [5.41, 5.74) is 1.65. The second kappa shape index (κ2) is 5.06. The van der Waals surface area contributed by atoms with Crippen molar-refractivity contribution >= 4 is 6.21 Å². The van der Waals surface area contributed by atoms with E-state index in [0.29, 0.717) is 18.0 Å². The highest BCUT2D eigenvalue weighted by Crippen LogP contribution is 2.05. The quantitative estimate of drug-likeness (QED) is 0.480. The molecule has 0 saturated heterocycles. The standard InChI is InChI=1S/C11H11N3O2/c15-13-7-10-8-16-11(14-10)4-3-9-2-1-5-12-6-9/h1-2,5-8,15H,3-4H2/b13-7-. The van der Waals surface area contributed by atoms with Crippen LogP contribution in [0.4, 0.5) is 0 Å². The number of aryl methyl sites for hydroxylation is 2. The number of oxazole rings is 1. The first-order valence-corrected chi connectivity index (χ1v) is 4.89. The van der Waals surface area contributed by atoms with Gasteiger partial charge in [0.1, 0.15) is 12.0 Å². The zero-order chi connectivity index (χ0) is 11.2. The second-order valence-electron chi connectivity index (χ2n) is 3.27. The van der Waals surface area contributed by atoms with Crippen LogP contribution < -0.4 is 0 Å². The predicted octanol–water partition coefficient (Wildman–Crippen LogP) is 1.66. The van der Waals surface area contributed by atoms with E-state index in [9.17, 15) is 0 Å². The molecule has 82 valence electrons. The van der Waals surface area contributed by atoms with Crippen LogP contribution in [0.3, 0.4) is 0 Å². The molecule has 0 saturated carbocycles. The van der Waals surface area contributed by atoms with Crippen LogP contribution in [0.5, 0.6) is 0 Å². The maximum Gasteiger partial charge on any atom is 0.194 e. The van der Waals surface area contributed by atoms with Gasteiger partial charge in [-0.2, -0.15) is 0 Å². The first-order valence-electron chi connectivity index (χ1n) is 4.89. The van der Waals surface area contributed by atoms with Gasteiger partial charge in [0.2, 0.25) is 0 Å². The first-order chi connectivity index (χ1) is 7.88. The molecule has 16 heavy (non-hydrogen) atoms. The molecular formula is C11H11N3O2. The van der Waals surface area contributed by atoms with Gasteiger partial charge >= 0.3 is 0 Å². The first kappa shape index (κ1) is 10.4. The topological polar surface area (TPSA) is 71.5 Å². The predicted molar refractivity (Wildman–Crippen MR) is 57.5 cm³/mol. The van der Waals surface area contributed by atoms with Gasteiger partial charge in [-0.1, -0.05) is 11.2 Å². The van der Waals surface area contributed by atoms with Crippen molar-refractivity contribution in [3.05, 3.63) is 47.9 Å². The highest BCUT2D eigenvalue weighted by Gasteiger charge is 2.02. The van der Waals surface area contributed by atoms with Crippen molar-refractivity contribution in [2.45, 2.75) is 12.8 Å². The summed E-state index contributed by atoms with van der Waals surface area (Å²) in [5, 5.41) is 11.2. The molecule has 0 radical (unpaired) electrons. The summed E-state index contributed by atoms with van der Waals surface area (Å²) in [4.78, 5) is 8.15. The lowest BCUT2D eigenvalue weighted by molar-refractivity contribution is 0.321. The van der Waals surface area contributed by atoms with Gasteiger partial charge in [-0.3, -0.25) is 4.98 Å². The fourth-order valence-corrected chi connectivity index (χ4v) is 1.36. The van der Waals surface area contributed by atoms with E-state index >= 15 is 0 Å². The van der Waals surface area contributed by atoms with Crippen molar-refractivity contribution in [1.82, 2.24) is 9.97 Å². The van der Waals surface area contributed by atoms with Crippen LogP contribution >= 0.6 is 0 Å². The Balaban J connectivity index is 1.94. The number of hydrogen-bond donors (Lipinski definition) is 1. The molecule has 0 aromatic carbocycles. The minimum Gasteiger partial charge on any atom is -0.448 e. The van der Waals surface area contributed by atoms with Gasteiger partial charge in [-0.25, -0.2) is 4.98 Å². The molecule has 1 N–H and O–H groups in total. The smallest absolute Gasteiger partial charge is 0.194 e. The van der Waals surface area contributed by atoms with Crippen molar-refractivity contribution in [3.63, 3.8) is 0 Å². The molecule has 0 spiro atoms. The van der Waals surface area contributed by atoms with Crippen molar-refractivity contribution in [1.29, 1.82) is 0 Å². The molecule has 2 aromatic rings. The van der Waals surface area contributed by atoms with Crippen LogP contribution in [-0.4, -0.2) is 21.4 Å². The van der Waals surface area contributed by atoms with Gasteiger partial charge < -0.3 is 9.62 Å². The van der Waals surface area contributed by atoms with E-state index in [1.165, 1.54) is 12.5 Å². The molecule has 0 fully saturated rings. The monoisotopic (exact) mass is 217 g/mol. The van der Waals surface area contributed by atoms with Gasteiger partial charge in [0.25, 0.3) is 0 Å². The number of hydrogen-bond acceptors (Lipinski definition) is 5. The summed E-state index contributed by atoms with van der Waals surface area (Å²) < 4.78 is 5.21. The molecule has 5 heteroatoms. The Labute approximate surface area is 92.5 Å². The summed E-state index contributed by atoms with van der Waals surface area (Å²) in [5.74, 6) is 0.624. The Morgan fingerprint density at radius 2 is 2.38 bits per heavy atom. The summed E-state index contributed by atoms with van der Waals surface area (Å²) in [6.45, 7) is 0. The Bertz CT molecular complexity index is 465. The Morgan fingerprint density at radius 3 is 3.12 bits per heavy atom.